The Morgan fingerprint density at radius 3 is 2.86 bits per heavy atom. The predicted octanol–water partition coefficient (Wildman–Crippen LogP) is 3.42. The lowest BCUT2D eigenvalue weighted by molar-refractivity contribution is -0.137. The number of anilines is 1. The van der Waals surface area contributed by atoms with Gasteiger partial charge in [0.2, 0.25) is 5.91 Å². The minimum atomic E-state index is -4.40. The van der Waals surface area contributed by atoms with Crippen LogP contribution in [0.1, 0.15) is 31.7 Å². The van der Waals surface area contributed by atoms with Gasteiger partial charge in [-0.25, -0.2) is 0 Å². The van der Waals surface area contributed by atoms with E-state index < -0.39 is 11.7 Å². The van der Waals surface area contributed by atoms with E-state index in [9.17, 15) is 18.0 Å². The molecule has 0 spiro atoms. The van der Waals surface area contributed by atoms with Gasteiger partial charge >= 0.3 is 6.18 Å². The second-order valence-electron chi connectivity index (χ2n) is 5.51. The zero-order valence-corrected chi connectivity index (χ0v) is 11.8. The molecule has 0 bridgehead atoms. The average molecular weight is 300 g/mol. The Kier molecular flexibility index (Phi) is 4.88. The third kappa shape index (κ3) is 4.46. The third-order valence-corrected chi connectivity index (χ3v) is 3.81. The molecular weight excluding hydrogens is 281 g/mol. The lowest BCUT2D eigenvalue weighted by Crippen LogP contribution is -2.42. The Morgan fingerprint density at radius 2 is 2.19 bits per heavy atom. The van der Waals surface area contributed by atoms with Crippen LogP contribution in [0.4, 0.5) is 18.9 Å². The summed E-state index contributed by atoms with van der Waals surface area (Å²) in [5.41, 5.74) is -0.581. The number of piperidine rings is 1. The molecule has 1 amide bonds. The van der Waals surface area contributed by atoms with Gasteiger partial charge in [-0.3, -0.25) is 4.79 Å². The highest BCUT2D eigenvalue weighted by Crippen LogP contribution is 2.30. The number of carbonyl (C=O) groups excluding carboxylic acids is 1. The Morgan fingerprint density at radius 1 is 1.43 bits per heavy atom. The first-order valence-corrected chi connectivity index (χ1v) is 7.07. The van der Waals surface area contributed by atoms with Gasteiger partial charge in [0.15, 0.2) is 0 Å². The summed E-state index contributed by atoms with van der Waals surface area (Å²) in [6.07, 6.45) is -1.97. The van der Waals surface area contributed by atoms with Gasteiger partial charge in [-0.15, -0.1) is 0 Å². The first-order valence-electron chi connectivity index (χ1n) is 7.07. The molecule has 3 nitrogen and oxygen atoms in total. The molecule has 2 N–H and O–H groups in total. The second-order valence-corrected chi connectivity index (χ2v) is 5.51. The van der Waals surface area contributed by atoms with Crippen molar-refractivity contribution in [2.24, 2.45) is 5.92 Å². The quantitative estimate of drug-likeness (QED) is 0.898. The SMILES string of the molecule is CC1CCCNC1CC(=O)Nc1cccc(C(F)(F)F)c1. The molecule has 1 fully saturated rings. The van der Waals surface area contributed by atoms with Gasteiger partial charge in [-0.2, -0.15) is 13.2 Å². The average Bonchev–Trinajstić information content (AvgIpc) is 2.41. The van der Waals surface area contributed by atoms with Crippen LogP contribution in [0.2, 0.25) is 0 Å². The van der Waals surface area contributed by atoms with Crippen molar-refractivity contribution >= 4 is 11.6 Å². The van der Waals surface area contributed by atoms with Crippen LogP contribution in [0.5, 0.6) is 0 Å². The van der Waals surface area contributed by atoms with E-state index in [1.807, 2.05) is 0 Å². The van der Waals surface area contributed by atoms with Crippen molar-refractivity contribution in [3.63, 3.8) is 0 Å². The molecular formula is C15H19F3N2O. The maximum atomic E-state index is 12.6. The van der Waals surface area contributed by atoms with E-state index >= 15 is 0 Å². The largest absolute Gasteiger partial charge is 0.416 e. The van der Waals surface area contributed by atoms with E-state index in [0.29, 0.717) is 5.92 Å². The number of amides is 1. The van der Waals surface area contributed by atoms with Gasteiger partial charge < -0.3 is 10.6 Å². The van der Waals surface area contributed by atoms with Gasteiger partial charge in [-0.1, -0.05) is 13.0 Å². The lowest BCUT2D eigenvalue weighted by atomic mass is 9.90. The summed E-state index contributed by atoms with van der Waals surface area (Å²) in [6, 6.07) is 4.78. The van der Waals surface area contributed by atoms with Crippen molar-refractivity contribution in [1.29, 1.82) is 0 Å². The fourth-order valence-electron chi connectivity index (χ4n) is 2.57. The van der Waals surface area contributed by atoms with E-state index in [1.165, 1.54) is 12.1 Å². The molecule has 1 aliphatic heterocycles. The van der Waals surface area contributed by atoms with Crippen molar-refractivity contribution in [2.75, 3.05) is 11.9 Å². The molecule has 0 aliphatic carbocycles. The number of nitrogens with one attached hydrogen (secondary N) is 2. The molecule has 0 saturated carbocycles. The number of hydrogen-bond acceptors (Lipinski definition) is 2. The van der Waals surface area contributed by atoms with Crippen LogP contribution in [0.25, 0.3) is 0 Å². The molecule has 1 aliphatic rings. The molecule has 6 heteroatoms. The molecule has 2 unspecified atom stereocenters. The summed E-state index contributed by atoms with van der Waals surface area (Å²) in [6.45, 7) is 2.96. The van der Waals surface area contributed by atoms with Gasteiger partial charge in [-0.05, 0) is 43.5 Å². The van der Waals surface area contributed by atoms with Crippen molar-refractivity contribution in [2.45, 2.75) is 38.4 Å². The van der Waals surface area contributed by atoms with Crippen molar-refractivity contribution in [3.05, 3.63) is 29.8 Å². The number of rotatable bonds is 3. The maximum absolute atomic E-state index is 12.6. The molecule has 0 aromatic heterocycles. The van der Waals surface area contributed by atoms with Gasteiger partial charge in [0.1, 0.15) is 0 Å². The molecule has 1 saturated heterocycles. The minimum absolute atomic E-state index is 0.0875. The number of alkyl halides is 3. The highest BCUT2D eigenvalue weighted by molar-refractivity contribution is 5.91. The van der Waals surface area contributed by atoms with Crippen molar-refractivity contribution in [1.82, 2.24) is 5.32 Å². The lowest BCUT2D eigenvalue weighted by Gasteiger charge is -2.29. The molecule has 0 radical (unpaired) electrons. The molecule has 2 rings (SSSR count). The Balaban J connectivity index is 1.96. The normalized spacial score (nSPS) is 22.9. The summed E-state index contributed by atoms with van der Waals surface area (Å²) in [4.78, 5) is 12.0. The summed E-state index contributed by atoms with van der Waals surface area (Å²) < 4.78 is 37.8. The van der Waals surface area contributed by atoms with Crippen molar-refractivity contribution < 1.29 is 18.0 Å². The predicted molar refractivity (Wildman–Crippen MR) is 74.9 cm³/mol. The van der Waals surface area contributed by atoms with Crippen LogP contribution in [0.15, 0.2) is 24.3 Å². The summed E-state index contributed by atoms with van der Waals surface area (Å²) in [7, 11) is 0. The Bertz CT molecular complexity index is 502. The minimum Gasteiger partial charge on any atom is -0.326 e. The zero-order valence-electron chi connectivity index (χ0n) is 11.8. The standard InChI is InChI=1S/C15H19F3N2O/c1-10-4-3-7-19-13(10)9-14(21)20-12-6-2-5-11(8-12)15(16,17)18/h2,5-6,8,10,13,19H,3-4,7,9H2,1H3,(H,20,21). The van der Waals surface area contributed by atoms with E-state index in [2.05, 4.69) is 17.6 Å². The monoisotopic (exact) mass is 300 g/mol. The topological polar surface area (TPSA) is 41.1 Å². The van der Waals surface area contributed by atoms with Crippen LogP contribution in [-0.4, -0.2) is 18.5 Å². The fraction of sp³-hybridized carbons (Fsp3) is 0.533. The maximum Gasteiger partial charge on any atom is 0.416 e. The highest BCUT2D eigenvalue weighted by Gasteiger charge is 2.30. The highest BCUT2D eigenvalue weighted by atomic mass is 19.4. The molecule has 21 heavy (non-hydrogen) atoms. The third-order valence-electron chi connectivity index (χ3n) is 3.81. The van der Waals surface area contributed by atoms with Crippen molar-refractivity contribution in [3.8, 4) is 0 Å². The van der Waals surface area contributed by atoms with Crippen LogP contribution < -0.4 is 10.6 Å². The fourth-order valence-corrected chi connectivity index (χ4v) is 2.57. The van der Waals surface area contributed by atoms with Gasteiger partial charge in [0.25, 0.3) is 0 Å². The molecule has 1 heterocycles. The van der Waals surface area contributed by atoms with Crippen LogP contribution >= 0.6 is 0 Å². The van der Waals surface area contributed by atoms with Crippen LogP contribution in [0.3, 0.4) is 0 Å². The van der Waals surface area contributed by atoms with Crippen LogP contribution in [-0.2, 0) is 11.0 Å². The smallest absolute Gasteiger partial charge is 0.326 e. The van der Waals surface area contributed by atoms with Crippen LogP contribution in [0, 0.1) is 5.92 Å². The summed E-state index contributed by atoms with van der Waals surface area (Å²) in [5.74, 6) is 0.131. The Labute approximate surface area is 121 Å². The second kappa shape index (κ2) is 6.47. The van der Waals surface area contributed by atoms with Gasteiger partial charge in [0.05, 0.1) is 5.56 Å². The molecule has 116 valence electrons. The van der Waals surface area contributed by atoms with E-state index in [4.69, 9.17) is 0 Å². The Hall–Kier alpha value is -1.56. The zero-order chi connectivity index (χ0) is 15.5. The summed E-state index contributed by atoms with van der Waals surface area (Å²) >= 11 is 0. The molecule has 1 aromatic rings. The summed E-state index contributed by atoms with van der Waals surface area (Å²) in [5, 5.41) is 5.82. The number of benzene rings is 1. The van der Waals surface area contributed by atoms with E-state index in [1.54, 1.807) is 0 Å². The van der Waals surface area contributed by atoms with E-state index in [0.717, 1.165) is 31.5 Å². The van der Waals surface area contributed by atoms with Gasteiger partial charge in [0, 0.05) is 18.2 Å². The number of carbonyl (C=O) groups is 1. The molecule has 2 atom stereocenters. The van der Waals surface area contributed by atoms with E-state index in [-0.39, 0.29) is 24.1 Å². The molecule has 1 aromatic carbocycles. The first-order chi connectivity index (χ1) is 9.86. The number of hydrogen-bond donors (Lipinski definition) is 2. The first kappa shape index (κ1) is 15.8. The number of halogens is 3.